The third-order valence-electron chi connectivity index (χ3n) is 4.74. The lowest BCUT2D eigenvalue weighted by molar-refractivity contribution is -0.141. The molecule has 0 aliphatic heterocycles. The number of imidazole rings is 1. The summed E-state index contributed by atoms with van der Waals surface area (Å²) in [4.78, 5) is 26.6. The van der Waals surface area contributed by atoms with Crippen molar-refractivity contribution in [2.75, 3.05) is 13.7 Å². The topological polar surface area (TPSA) is 82.6 Å². The van der Waals surface area contributed by atoms with Gasteiger partial charge in [0.15, 0.2) is 11.5 Å². The van der Waals surface area contributed by atoms with E-state index in [4.69, 9.17) is 14.2 Å². The zero-order valence-corrected chi connectivity index (χ0v) is 16.3. The van der Waals surface area contributed by atoms with E-state index in [0.717, 1.165) is 31.2 Å². The highest BCUT2D eigenvalue weighted by Crippen LogP contribution is 2.35. The SMILES string of the molecule is CCOC(=O)CC(=Cn1cc[nH]c1=O)c1ccc(OC)c(OC2CCCC2)c1. The Morgan fingerprint density at radius 2 is 2.07 bits per heavy atom. The molecule has 7 nitrogen and oxygen atoms in total. The number of hydrogen-bond donors (Lipinski definition) is 1. The van der Waals surface area contributed by atoms with Crippen LogP contribution in [0.5, 0.6) is 11.5 Å². The molecule has 1 saturated carbocycles. The van der Waals surface area contributed by atoms with Gasteiger partial charge < -0.3 is 19.2 Å². The molecule has 0 bridgehead atoms. The minimum atomic E-state index is -0.355. The maximum Gasteiger partial charge on any atom is 0.329 e. The molecule has 28 heavy (non-hydrogen) atoms. The highest BCUT2D eigenvalue weighted by atomic mass is 16.5. The molecule has 0 spiro atoms. The summed E-state index contributed by atoms with van der Waals surface area (Å²) in [6, 6.07) is 5.53. The first-order chi connectivity index (χ1) is 13.6. The predicted molar refractivity (Wildman–Crippen MR) is 106 cm³/mol. The molecule has 7 heteroatoms. The van der Waals surface area contributed by atoms with E-state index in [2.05, 4.69) is 4.98 Å². The molecule has 1 aromatic carbocycles. The van der Waals surface area contributed by atoms with Crippen molar-refractivity contribution in [3.05, 3.63) is 46.6 Å². The van der Waals surface area contributed by atoms with Gasteiger partial charge in [-0.25, -0.2) is 4.79 Å². The lowest BCUT2D eigenvalue weighted by Crippen LogP contribution is -2.13. The van der Waals surface area contributed by atoms with Crippen LogP contribution in [0.25, 0.3) is 11.8 Å². The Balaban J connectivity index is 1.96. The van der Waals surface area contributed by atoms with E-state index in [9.17, 15) is 9.59 Å². The second-order valence-corrected chi connectivity index (χ2v) is 6.70. The van der Waals surface area contributed by atoms with Crippen LogP contribution < -0.4 is 15.2 Å². The van der Waals surface area contributed by atoms with Crippen LogP contribution in [0.4, 0.5) is 0 Å². The maximum absolute atomic E-state index is 12.1. The highest BCUT2D eigenvalue weighted by molar-refractivity contribution is 5.90. The van der Waals surface area contributed by atoms with Gasteiger partial charge in [-0.05, 0) is 55.9 Å². The van der Waals surface area contributed by atoms with E-state index in [0.29, 0.717) is 23.7 Å². The second kappa shape index (κ2) is 9.30. The molecule has 3 rings (SSSR count). The van der Waals surface area contributed by atoms with Gasteiger partial charge in [-0.15, -0.1) is 0 Å². The van der Waals surface area contributed by atoms with Gasteiger partial charge in [0.05, 0.1) is 26.2 Å². The molecule has 1 heterocycles. The summed E-state index contributed by atoms with van der Waals surface area (Å²) in [6.45, 7) is 2.06. The number of methoxy groups -OCH3 is 1. The number of carbonyl (C=O) groups excluding carboxylic acids is 1. The van der Waals surface area contributed by atoms with Gasteiger partial charge >= 0.3 is 11.7 Å². The van der Waals surface area contributed by atoms with Crippen LogP contribution in [0.2, 0.25) is 0 Å². The number of benzene rings is 1. The van der Waals surface area contributed by atoms with E-state index < -0.39 is 0 Å². The summed E-state index contributed by atoms with van der Waals surface area (Å²) in [7, 11) is 1.60. The van der Waals surface area contributed by atoms with Gasteiger partial charge in [0.1, 0.15) is 0 Å². The van der Waals surface area contributed by atoms with Crippen LogP contribution >= 0.6 is 0 Å². The van der Waals surface area contributed by atoms with Crippen LogP contribution in [0, 0.1) is 0 Å². The zero-order chi connectivity index (χ0) is 19.9. The van der Waals surface area contributed by atoms with Crippen LogP contribution in [0.3, 0.4) is 0 Å². The summed E-state index contributed by atoms with van der Waals surface area (Å²) in [5, 5.41) is 0. The number of esters is 1. The number of hydrogen-bond acceptors (Lipinski definition) is 5. The Bertz CT molecular complexity index is 890. The number of aromatic amines is 1. The molecule has 2 aromatic rings. The van der Waals surface area contributed by atoms with Gasteiger partial charge in [0.2, 0.25) is 0 Å². The molecular weight excluding hydrogens is 360 g/mol. The number of nitrogens with zero attached hydrogens (tertiary/aromatic N) is 1. The molecule has 1 aliphatic rings. The number of nitrogens with one attached hydrogen (secondary N) is 1. The molecule has 0 saturated heterocycles. The van der Waals surface area contributed by atoms with Crippen LogP contribution in [-0.2, 0) is 9.53 Å². The molecule has 1 aliphatic carbocycles. The summed E-state index contributed by atoms with van der Waals surface area (Å²) >= 11 is 0. The molecule has 0 amide bonds. The lowest BCUT2D eigenvalue weighted by atomic mass is 10.0. The maximum atomic E-state index is 12.1. The Kier molecular flexibility index (Phi) is 6.57. The van der Waals surface area contributed by atoms with Gasteiger partial charge in [0.25, 0.3) is 0 Å². The van der Waals surface area contributed by atoms with E-state index in [-0.39, 0.29) is 24.2 Å². The molecule has 0 unspecified atom stereocenters. The predicted octanol–water partition coefficient (Wildman–Crippen LogP) is 3.46. The quantitative estimate of drug-likeness (QED) is 0.703. The third kappa shape index (κ3) is 4.85. The van der Waals surface area contributed by atoms with Crippen LogP contribution in [0.1, 0.15) is 44.6 Å². The largest absolute Gasteiger partial charge is 0.493 e. The van der Waals surface area contributed by atoms with E-state index in [1.165, 1.54) is 4.57 Å². The number of rotatable bonds is 8. The third-order valence-corrected chi connectivity index (χ3v) is 4.74. The van der Waals surface area contributed by atoms with Gasteiger partial charge in [-0.3, -0.25) is 9.36 Å². The van der Waals surface area contributed by atoms with Crippen molar-refractivity contribution in [3.8, 4) is 11.5 Å². The lowest BCUT2D eigenvalue weighted by Gasteiger charge is -2.17. The average molecular weight is 386 g/mol. The van der Waals surface area contributed by atoms with Crippen molar-refractivity contribution >= 4 is 17.7 Å². The first-order valence-corrected chi connectivity index (χ1v) is 9.57. The Hall–Kier alpha value is -2.96. The highest BCUT2D eigenvalue weighted by Gasteiger charge is 2.20. The fourth-order valence-electron chi connectivity index (χ4n) is 3.34. The minimum absolute atomic E-state index is 0.0423. The standard InChI is InChI=1S/C21H26N2O5/c1-3-27-20(24)13-16(14-23-11-10-22-21(23)25)15-8-9-18(26-2)19(12-15)28-17-6-4-5-7-17/h8-12,14,17H,3-7,13H2,1-2H3,(H,22,25). The first kappa shape index (κ1) is 19.8. The fraction of sp³-hybridized carbons (Fsp3) is 0.429. The van der Waals surface area contributed by atoms with E-state index >= 15 is 0 Å². The number of ether oxygens (including phenoxy) is 3. The summed E-state index contributed by atoms with van der Waals surface area (Å²) < 4.78 is 18.1. The average Bonchev–Trinajstić information content (AvgIpc) is 3.33. The second-order valence-electron chi connectivity index (χ2n) is 6.70. The molecule has 150 valence electrons. The van der Waals surface area contributed by atoms with E-state index in [1.54, 1.807) is 32.6 Å². The molecule has 0 radical (unpaired) electrons. The summed E-state index contributed by atoms with van der Waals surface area (Å²) in [6.07, 6.45) is 9.38. The van der Waals surface area contributed by atoms with Gasteiger partial charge in [-0.2, -0.15) is 0 Å². The normalized spacial score (nSPS) is 14.9. The first-order valence-electron chi connectivity index (χ1n) is 9.57. The fourth-order valence-corrected chi connectivity index (χ4v) is 3.34. The molecule has 0 atom stereocenters. The molecule has 1 N–H and O–H groups in total. The molecule has 1 fully saturated rings. The van der Waals surface area contributed by atoms with Crippen molar-refractivity contribution in [3.63, 3.8) is 0 Å². The smallest absolute Gasteiger partial charge is 0.329 e. The number of H-pyrrole nitrogens is 1. The van der Waals surface area contributed by atoms with Gasteiger partial charge in [0, 0.05) is 18.6 Å². The molecule has 1 aromatic heterocycles. The van der Waals surface area contributed by atoms with Crippen LogP contribution in [-0.4, -0.2) is 35.3 Å². The minimum Gasteiger partial charge on any atom is -0.493 e. The summed E-state index contributed by atoms with van der Waals surface area (Å²) in [5.41, 5.74) is 1.14. The Morgan fingerprint density at radius 1 is 1.29 bits per heavy atom. The van der Waals surface area contributed by atoms with Crippen LogP contribution in [0.15, 0.2) is 35.4 Å². The zero-order valence-electron chi connectivity index (χ0n) is 16.3. The van der Waals surface area contributed by atoms with E-state index in [1.807, 2.05) is 18.2 Å². The Morgan fingerprint density at radius 3 is 2.71 bits per heavy atom. The van der Waals surface area contributed by atoms with Crippen molar-refractivity contribution < 1.29 is 19.0 Å². The summed E-state index contributed by atoms with van der Waals surface area (Å²) in [5.74, 6) is 0.930. The number of carbonyl (C=O) groups is 1. The van der Waals surface area contributed by atoms with Crippen molar-refractivity contribution in [1.82, 2.24) is 9.55 Å². The number of aromatic nitrogens is 2. The van der Waals surface area contributed by atoms with Crippen molar-refractivity contribution in [2.24, 2.45) is 0 Å². The molecular formula is C21H26N2O5. The Labute approximate surface area is 163 Å². The van der Waals surface area contributed by atoms with Crippen molar-refractivity contribution in [2.45, 2.75) is 45.1 Å². The monoisotopic (exact) mass is 386 g/mol. The van der Waals surface area contributed by atoms with Gasteiger partial charge in [-0.1, -0.05) is 6.07 Å². The van der Waals surface area contributed by atoms with Crippen molar-refractivity contribution in [1.29, 1.82) is 0 Å².